The number of carbonyl (C=O) groups is 2. The van der Waals surface area contributed by atoms with Gasteiger partial charge < -0.3 is 15.5 Å². The summed E-state index contributed by atoms with van der Waals surface area (Å²) in [6.45, 7) is 0. The molecule has 0 bridgehead atoms. The second kappa shape index (κ2) is 5.18. The van der Waals surface area contributed by atoms with Crippen LogP contribution in [0.5, 0.6) is 0 Å². The Kier molecular flexibility index (Phi) is 3.43. The first-order valence-corrected chi connectivity index (χ1v) is 5.38. The second-order valence-corrected chi connectivity index (χ2v) is 3.71. The molecule has 0 aliphatic rings. The monoisotopic (exact) mass is 244 g/mol. The molecule has 3 N–H and O–H groups in total. The van der Waals surface area contributed by atoms with Crippen molar-refractivity contribution >= 4 is 17.5 Å². The van der Waals surface area contributed by atoms with Crippen LogP contribution in [-0.4, -0.2) is 11.8 Å². The maximum Gasteiger partial charge on any atom is 0.250 e. The Bertz CT molecular complexity index is 561. The molecule has 2 amide bonds. The highest BCUT2D eigenvalue weighted by Crippen LogP contribution is 2.14. The first kappa shape index (κ1) is 11.9. The fourth-order valence-corrected chi connectivity index (χ4v) is 1.57. The van der Waals surface area contributed by atoms with Crippen molar-refractivity contribution in [2.24, 2.45) is 5.73 Å². The summed E-state index contributed by atoms with van der Waals surface area (Å²) in [6, 6.07) is 10.0. The third-order valence-electron chi connectivity index (χ3n) is 2.38. The summed E-state index contributed by atoms with van der Waals surface area (Å²) in [5, 5.41) is 2.63. The summed E-state index contributed by atoms with van der Waals surface area (Å²) in [4.78, 5) is 22.9. The maximum atomic E-state index is 11.7. The second-order valence-electron chi connectivity index (χ2n) is 3.71. The molecular formula is C13H12N2O3. The van der Waals surface area contributed by atoms with Crippen molar-refractivity contribution in [3.05, 3.63) is 54.0 Å². The van der Waals surface area contributed by atoms with E-state index in [9.17, 15) is 9.59 Å². The third kappa shape index (κ3) is 2.76. The van der Waals surface area contributed by atoms with Crippen LogP contribution in [0.15, 0.2) is 47.1 Å². The number of hydrogen-bond acceptors (Lipinski definition) is 3. The predicted molar refractivity (Wildman–Crippen MR) is 66.0 cm³/mol. The van der Waals surface area contributed by atoms with Gasteiger partial charge in [-0.05, 0) is 24.3 Å². The number of primary amides is 1. The molecule has 0 aliphatic carbocycles. The standard InChI is InChI=1S/C13H12N2O3/c14-13(17)10-5-1-2-6-11(10)15-12(16)8-9-4-3-7-18-9/h1-7H,8H2,(H2,14,17)(H,15,16). The molecule has 2 rings (SSSR count). The Labute approximate surface area is 104 Å². The normalized spacial score (nSPS) is 10.0. The minimum Gasteiger partial charge on any atom is -0.469 e. The van der Waals surface area contributed by atoms with E-state index >= 15 is 0 Å². The van der Waals surface area contributed by atoms with Gasteiger partial charge in [0.2, 0.25) is 5.91 Å². The Morgan fingerprint density at radius 1 is 1.17 bits per heavy atom. The summed E-state index contributed by atoms with van der Waals surface area (Å²) in [7, 11) is 0. The number of carbonyl (C=O) groups excluding carboxylic acids is 2. The van der Waals surface area contributed by atoms with Crippen LogP contribution >= 0.6 is 0 Å². The summed E-state index contributed by atoms with van der Waals surface area (Å²) in [6.07, 6.45) is 1.61. The SMILES string of the molecule is NC(=O)c1ccccc1NC(=O)Cc1ccco1. The number of nitrogens with one attached hydrogen (secondary N) is 1. The zero-order valence-corrected chi connectivity index (χ0v) is 9.55. The van der Waals surface area contributed by atoms with Gasteiger partial charge in [0.15, 0.2) is 0 Å². The summed E-state index contributed by atoms with van der Waals surface area (Å²) >= 11 is 0. The molecule has 0 radical (unpaired) electrons. The van der Waals surface area contributed by atoms with Crippen molar-refractivity contribution in [3.63, 3.8) is 0 Å². The van der Waals surface area contributed by atoms with Crippen LogP contribution < -0.4 is 11.1 Å². The average Bonchev–Trinajstić information content (AvgIpc) is 2.82. The number of amides is 2. The molecule has 92 valence electrons. The molecule has 0 spiro atoms. The van der Waals surface area contributed by atoms with Crippen molar-refractivity contribution in [1.82, 2.24) is 0 Å². The topological polar surface area (TPSA) is 85.3 Å². The van der Waals surface area contributed by atoms with E-state index < -0.39 is 5.91 Å². The average molecular weight is 244 g/mol. The molecule has 0 atom stereocenters. The molecular weight excluding hydrogens is 232 g/mol. The van der Waals surface area contributed by atoms with E-state index in [0.29, 0.717) is 11.4 Å². The number of para-hydroxylation sites is 1. The molecule has 1 heterocycles. The van der Waals surface area contributed by atoms with Gasteiger partial charge >= 0.3 is 0 Å². The van der Waals surface area contributed by atoms with Gasteiger partial charge in [0.1, 0.15) is 5.76 Å². The quantitative estimate of drug-likeness (QED) is 0.855. The molecule has 0 unspecified atom stereocenters. The number of nitrogens with two attached hydrogens (primary N) is 1. The van der Waals surface area contributed by atoms with E-state index in [1.54, 1.807) is 36.4 Å². The Balaban J connectivity index is 2.09. The van der Waals surface area contributed by atoms with Gasteiger partial charge in [-0.1, -0.05) is 12.1 Å². The van der Waals surface area contributed by atoms with Gasteiger partial charge in [0, 0.05) is 0 Å². The molecule has 0 fully saturated rings. The molecule has 0 aliphatic heterocycles. The Morgan fingerprint density at radius 3 is 2.61 bits per heavy atom. The number of hydrogen-bond donors (Lipinski definition) is 2. The molecule has 1 aromatic heterocycles. The lowest BCUT2D eigenvalue weighted by molar-refractivity contribution is -0.115. The molecule has 0 saturated carbocycles. The van der Waals surface area contributed by atoms with Crippen LogP contribution in [0.25, 0.3) is 0 Å². The van der Waals surface area contributed by atoms with Crippen LogP contribution in [0, 0.1) is 0 Å². The van der Waals surface area contributed by atoms with Crippen molar-refractivity contribution in [2.75, 3.05) is 5.32 Å². The van der Waals surface area contributed by atoms with Crippen LogP contribution in [-0.2, 0) is 11.2 Å². The van der Waals surface area contributed by atoms with Crippen LogP contribution in [0.4, 0.5) is 5.69 Å². The molecule has 2 aromatic rings. The van der Waals surface area contributed by atoms with E-state index in [4.69, 9.17) is 10.2 Å². The van der Waals surface area contributed by atoms with E-state index in [-0.39, 0.29) is 17.9 Å². The van der Waals surface area contributed by atoms with Crippen LogP contribution in [0.3, 0.4) is 0 Å². The smallest absolute Gasteiger partial charge is 0.250 e. The predicted octanol–water partition coefficient (Wildman–Crippen LogP) is 1.56. The van der Waals surface area contributed by atoms with Crippen molar-refractivity contribution in [1.29, 1.82) is 0 Å². The van der Waals surface area contributed by atoms with Crippen LogP contribution in [0.1, 0.15) is 16.1 Å². The van der Waals surface area contributed by atoms with Crippen molar-refractivity contribution < 1.29 is 14.0 Å². The van der Waals surface area contributed by atoms with Crippen molar-refractivity contribution in [3.8, 4) is 0 Å². The fourth-order valence-electron chi connectivity index (χ4n) is 1.57. The van der Waals surface area contributed by atoms with Gasteiger partial charge in [-0.25, -0.2) is 0 Å². The summed E-state index contributed by atoms with van der Waals surface area (Å²) in [5.74, 6) is -0.286. The minimum atomic E-state index is -0.580. The summed E-state index contributed by atoms with van der Waals surface area (Å²) < 4.78 is 5.07. The first-order valence-electron chi connectivity index (χ1n) is 5.38. The highest BCUT2D eigenvalue weighted by atomic mass is 16.3. The number of rotatable bonds is 4. The fraction of sp³-hybridized carbons (Fsp3) is 0.0769. The molecule has 18 heavy (non-hydrogen) atoms. The van der Waals surface area contributed by atoms with E-state index in [1.807, 2.05) is 0 Å². The minimum absolute atomic E-state index is 0.111. The van der Waals surface area contributed by atoms with Gasteiger partial charge in [-0.15, -0.1) is 0 Å². The molecule has 0 saturated heterocycles. The Hall–Kier alpha value is -2.56. The van der Waals surface area contributed by atoms with Crippen molar-refractivity contribution in [2.45, 2.75) is 6.42 Å². The van der Waals surface area contributed by atoms with E-state index in [1.165, 1.54) is 6.26 Å². The largest absolute Gasteiger partial charge is 0.469 e. The van der Waals surface area contributed by atoms with Gasteiger partial charge in [-0.2, -0.15) is 0 Å². The summed E-state index contributed by atoms with van der Waals surface area (Å²) in [5.41, 5.74) is 5.90. The van der Waals surface area contributed by atoms with Gasteiger partial charge in [0.05, 0.1) is 23.9 Å². The zero-order chi connectivity index (χ0) is 13.0. The number of benzene rings is 1. The highest BCUT2D eigenvalue weighted by molar-refractivity contribution is 6.03. The van der Waals surface area contributed by atoms with E-state index in [2.05, 4.69) is 5.32 Å². The molecule has 1 aromatic carbocycles. The van der Waals surface area contributed by atoms with E-state index in [0.717, 1.165) is 0 Å². The van der Waals surface area contributed by atoms with Crippen LogP contribution in [0.2, 0.25) is 0 Å². The maximum absolute atomic E-state index is 11.7. The lowest BCUT2D eigenvalue weighted by Crippen LogP contribution is -2.19. The highest BCUT2D eigenvalue weighted by Gasteiger charge is 2.11. The van der Waals surface area contributed by atoms with Gasteiger partial charge in [-0.3, -0.25) is 9.59 Å². The van der Waals surface area contributed by atoms with Gasteiger partial charge in [0.25, 0.3) is 5.91 Å². The third-order valence-corrected chi connectivity index (χ3v) is 2.38. The molecule has 5 nitrogen and oxygen atoms in total. The number of anilines is 1. The lowest BCUT2D eigenvalue weighted by atomic mass is 10.1. The first-order chi connectivity index (χ1) is 8.66. The number of furan rings is 1. The zero-order valence-electron chi connectivity index (χ0n) is 9.55. The Morgan fingerprint density at radius 2 is 1.94 bits per heavy atom. The lowest BCUT2D eigenvalue weighted by Gasteiger charge is -2.07. The molecule has 5 heteroatoms.